The Kier molecular flexibility index (Phi) is 2.99. The molecule has 0 unspecified atom stereocenters. The third-order valence-corrected chi connectivity index (χ3v) is 3.82. The van der Waals surface area contributed by atoms with Crippen molar-refractivity contribution in [1.82, 2.24) is 0 Å². The molecule has 0 aromatic heterocycles. The van der Waals surface area contributed by atoms with Crippen LogP contribution in [0.25, 0.3) is 0 Å². The van der Waals surface area contributed by atoms with Gasteiger partial charge < -0.3 is 5.32 Å². The molecule has 15 heavy (non-hydrogen) atoms. The van der Waals surface area contributed by atoms with Crippen molar-refractivity contribution >= 4 is 5.69 Å². The summed E-state index contributed by atoms with van der Waals surface area (Å²) >= 11 is 0. The van der Waals surface area contributed by atoms with Gasteiger partial charge in [0, 0.05) is 12.2 Å². The molecule has 1 nitrogen and oxygen atoms in total. The summed E-state index contributed by atoms with van der Waals surface area (Å²) in [7, 11) is 0. The summed E-state index contributed by atoms with van der Waals surface area (Å²) in [6.45, 7) is 7.87. The minimum atomic E-state index is 0.893. The van der Waals surface area contributed by atoms with Crippen molar-refractivity contribution in [3.05, 3.63) is 29.3 Å². The summed E-state index contributed by atoms with van der Waals surface area (Å²) in [5.41, 5.74) is 4.07. The predicted molar refractivity (Wildman–Crippen MR) is 66.3 cm³/mol. The number of hydrogen-bond donors (Lipinski definition) is 1. The Bertz CT molecular complexity index is 323. The molecular weight excluding hydrogens is 182 g/mol. The normalized spacial score (nSPS) is 24.7. The molecule has 0 amide bonds. The summed E-state index contributed by atoms with van der Waals surface area (Å²) < 4.78 is 0. The molecule has 1 N–H and O–H groups in total. The fourth-order valence-electron chi connectivity index (χ4n) is 2.37. The van der Waals surface area contributed by atoms with E-state index in [4.69, 9.17) is 0 Å². The Labute approximate surface area is 92.9 Å². The van der Waals surface area contributed by atoms with Crippen molar-refractivity contribution in [2.24, 2.45) is 11.8 Å². The van der Waals surface area contributed by atoms with Gasteiger partial charge in [-0.05, 0) is 43.2 Å². The molecule has 0 aliphatic heterocycles. The average molecular weight is 203 g/mol. The Balaban J connectivity index is 1.98. The second-order valence-corrected chi connectivity index (χ2v) is 4.96. The molecule has 0 spiro atoms. The van der Waals surface area contributed by atoms with Crippen molar-refractivity contribution in [3.63, 3.8) is 0 Å². The molecule has 1 aliphatic rings. The maximum Gasteiger partial charge on any atom is 0.0399 e. The molecule has 1 fully saturated rings. The average Bonchev–Trinajstić information content (AvgIpc) is 2.20. The number of nitrogens with one attached hydrogen (secondary N) is 1. The van der Waals surface area contributed by atoms with Gasteiger partial charge in [0.05, 0.1) is 0 Å². The van der Waals surface area contributed by atoms with Crippen molar-refractivity contribution < 1.29 is 0 Å². The molecule has 0 radical (unpaired) electrons. The highest BCUT2D eigenvalue weighted by Crippen LogP contribution is 2.34. The highest BCUT2D eigenvalue weighted by molar-refractivity contribution is 5.56. The summed E-state index contributed by atoms with van der Waals surface area (Å²) in [5.74, 6) is 1.81. The lowest BCUT2D eigenvalue weighted by Gasteiger charge is -2.34. The summed E-state index contributed by atoms with van der Waals surface area (Å²) in [5, 5.41) is 3.61. The lowest BCUT2D eigenvalue weighted by Crippen LogP contribution is -2.29. The third kappa shape index (κ3) is 2.17. The van der Waals surface area contributed by atoms with Crippen LogP contribution in [0.1, 0.15) is 30.9 Å². The van der Waals surface area contributed by atoms with Crippen LogP contribution in [0.2, 0.25) is 0 Å². The smallest absolute Gasteiger partial charge is 0.0399 e. The number of para-hydroxylation sites is 1. The largest absolute Gasteiger partial charge is 0.384 e. The maximum atomic E-state index is 3.61. The van der Waals surface area contributed by atoms with Crippen LogP contribution in [0.3, 0.4) is 0 Å². The van der Waals surface area contributed by atoms with Crippen LogP contribution in [0, 0.1) is 25.7 Å². The van der Waals surface area contributed by atoms with Gasteiger partial charge in [0.2, 0.25) is 0 Å². The van der Waals surface area contributed by atoms with Crippen LogP contribution in [-0.2, 0) is 0 Å². The molecule has 2 atom stereocenters. The zero-order valence-electron chi connectivity index (χ0n) is 10.0. The van der Waals surface area contributed by atoms with E-state index in [-0.39, 0.29) is 0 Å². The maximum absolute atomic E-state index is 3.61. The van der Waals surface area contributed by atoms with Crippen molar-refractivity contribution in [1.29, 1.82) is 0 Å². The van der Waals surface area contributed by atoms with E-state index in [1.165, 1.54) is 29.7 Å². The van der Waals surface area contributed by atoms with Gasteiger partial charge in [-0.3, -0.25) is 0 Å². The zero-order valence-corrected chi connectivity index (χ0v) is 10.0. The van der Waals surface area contributed by atoms with E-state index in [2.05, 4.69) is 44.3 Å². The molecule has 1 aromatic carbocycles. The van der Waals surface area contributed by atoms with Crippen LogP contribution in [0.5, 0.6) is 0 Å². The van der Waals surface area contributed by atoms with Gasteiger partial charge in [0.1, 0.15) is 0 Å². The topological polar surface area (TPSA) is 12.0 Å². The zero-order chi connectivity index (χ0) is 10.8. The first kappa shape index (κ1) is 10.5. The second-order valence-electron chi connectivity index (χ2n) is 4.96. The van der Waals surface area contributed by atoms with E-state index >= 15 is 0 Å². The van der Waals surface area contributed by atoms with Crippen LogP contribution in [0.4, 0.5) is 5.69 Å². The predicted octanol–water partition coefficient (Wildman–Crippen LogP) is 3.76. The highest BCUT2D eigenvalue weighted by atomic mass is 14.9. The van der Waals surface area contributed by atoms with Gasteiger partial charge in [0.15, 0.2) is 0 Å². The molecule has 0 bridgehead atoms. The van der Waals surface area contributed by atoms with E-state index in [9.17, 15) is 0 Å². The molecule has 0 heterocycles. The monoisotopic (exact) mass is 203 g/mol. The standard InChI is InChI=1S/C14H21N/c1-10-7-8-13(10)9-15-14-11(2)5-4-6-12(14)3/h4-6,10,13,15H,7-9H2,1-3H3/t10-,13+/m0/s1. The molecule has 1 aliphatic carbocycles. The molecule has 2 rings (SSSR count). The summed E-state index contributed by atoms with van der Waals surface area (Å²) in [6, 6.07) is 6.49. The first-order valence-electron chi connectivity index (χ1n) is 5.98. The van der Waals surface area contributed by atoms with Gasteiger partial charge in [-0.1, -0.05) is 31.5 Å². The molecule has 1 aromatic rings. The van der Waals surface area contributed by atoms with E-state index in [1.54, 1.807) is 0 Å². The molecule has 0 saturated heterocycles. The number of benzene rings is 1. The van der Waals surface area contributed by atoms with Crippen molar-refractivity contribution in [3.8, 4) is 0 Å². The number of aryl methyl sites for hydroxylation is 2. The highest BCUT2D eigenvalue weighted by Gasteiger charge is 2.26. The van der Waals surface area contributed by atoms with Gasteiger partial charge in [-0.2, -0.15) is 0 Å². The molecular formula is C14H21N. The third-order valence-electron chi connectivity index (χ3n) is 3.82. The number of anilines is 1. The van der Waals surface area contributed by atoms with E-state index in [0.29, 0.717) is 0 Å². The van der Waals surface area contributed by atoms with Gasteiger partial charge in [-0.25, -0.2) is 0 Å². The van der Waals surface area contributed by atoms with Crippen LogP contribution in [-0.4, -0.2) is 6.54 Å². The SMILES string of the molecule is Cc1cccc(C)c1NC[C@H]1CC[C@@H]1C. The first-order valence-corrected chi connectivity index (χ1v) is 5.98. The molecule has 1 saturated carbocycles. The number of hydrogen-bond acceptors (Lipinski definition) is 1. The van der Waals surface area contributed by atoms with Gasteiger partial charge >= 0.3 is 0 Å². The molecule has 1 heteroatoms. The summed E-state index contributed by atoms with van der Waals surface area (Å²) in [6.07, 6.45) is 2.82. The fourth-order valence-corrected chi connectivity index (χ4v) is 2.37. The first-order chi connectivity index (χ1) is 7.18. The second kappa shape index (κ2) is 4.26. The minimum Gasteiger partial charge on any atom is -0.384 e. The quantitative estimate of drug-likeness (QED) is 0.788. The van der Waals surface area contributed by atoms with Crippen molar-refractivity contribution in [2.45, 2.75) is 33.6 Å². The van der Waals surface area contributed by atoms with Crippen LogP contribution >= 0.6 is 0 Å². The number of rotatable bonds is 3. The summed E-state index contributed by atoms with van der Waals surface area (Å²) in [4.78, 5) is 0. The molecule has 82 valence electrons. The minimum absolute atomic E-state index is 0.893. The Morgan fingerprint density at radius 2 is 1.87 bits per heavy atom. The van der Waals surface area contributed by atoms with E-state index < -0.39 is 0 Å². The van der Waals surface area contributed by atoms with E-state index in [1.807, 2.05) is 0 Å². The Hall–Kier alpha value is -0.980. The fraction of sp³-hybridized carbons (Fsp3) is 0.571. The van der Waals surface area contributed by atoms with Crippen LogP contribution in [0.15, 0.2) is 18.2 Å². The van der Waals surface area contributed by atoms with Gasteiger partial charge in [0.25, 0.3) is 0 Å². The Morgan fingerprint density at radius 3 is 2.33 bits per heavy atom. The Morgan fingerprint density at radius 1 is 1.20 bits per heavy atom. The van der Waals surface area contributed by atoms with Crippen LogP contribution < -0.4 is 5.32 Å². The lowest BCUT2D eigenvalue weighted by molar-refractivity contribution is 0.210. The van der Waals surface area contributed by atoms with Crippen molar-refractivity contribution in [2.75, 3.05) is 11.9 Å². The lowest BCUT2D eigenvalue weighted by atomic mass is 9.75. The van der Waals surface area contributed by atoms with Gasteiger partial charge in [-0.15, -0.1) is 0 Å². The van der Waals surface area contributed by atoms with E-state index in [0.717, 1.165) is 18.4 Å².